The number of carbonyl (C=O) groups excluding carboxylic acids is 1. The first-order chi connectivity index (χ1) is 39.1. The fourth-order valence-corrected chi connectivity index (χ4v) is 25.5. The number of hydrogen-bond acceptors (Lipinski definition) is 15. The molecule has 20 atom stereocenters. The highest BCUT2D eigenvalue weighted by Crippen LogP contribution is 2.88. The molecule has 14 aliphatic rings. The van der Waals surface area contributed by atoms with Gasteiger partial charge in [0.05, 0.1) is 34.5 Å². The number of allylic oxidation sites excluding steroid dienone is 4. The van der Waals surface area contributed by atoms with E-state index >= 15 is 0 Å². The molecule has 1 aromatic rings. The lowest BCUT2D eigenvalue weighted by atomic mass is 9.26. The third-order valence-electron chi connectivity index (χ3n) is 25.1. The zero-order valence-electron chi connectivity index (χ0n) is 47.2. The number of benzene rings is 1. The second kappa shape index (κ2) is 19.7. The minimum absolute atomic E-state index is 0.0460. The van der Waals surface area contributed by atoms with Gasteiger partial charge in [0.2, 0.25) is 0 Å². The molecule has 7 fully saturated rings. The van der Waals surface area contributed by atoms with Crippen molar-refractivity contribution in [3.05, 3.63) is 59.2 Å². The summed E-state index contributed by atoms with van der Waals surface area (Å²) in [5.74, 6) is 16.3. The number of aliphatic hydroxyl groups is 4. The molecule has 13 nitrogen and oxygen atoms in total. The van der Waals surface area contributed by atoms with Crippen molar-refractivity contribution >= 4 is 33.5 Å². The van der Waals surface area contributed by atoms with Gasteiger partial charge in [0.25, 0.3) is 0 Å². The Hall–Kier alpha value is -3.64. The average molecular weight is 1140 g/mol. The van der Waals surface area contributed by atoms with E-state index in [1.54, 1.807) is 11.6 Å². The molecular formula is C66H85N5O8S2. The van der Waals surface area contributed by atoms with E-state index in [0.29, 0.717) is 93.4 Å². The lowest BCUT2D eigenvalue weighted by Crippen LogP contribution is -2.83. The Kier molecular flexibility index (Phi) is 13.1. The highest BCUT2D eigenvalue weighted by molar-refractivity contribution is 8.77. The molecule has 15 rings (SSSR count). The first-order valence-corrected chi connectivity index (χ1v) is 33.8. The van der Waals surface area contributed by atoms with E-state index in [4.69, 9.17) is 20.2 Å². The topological polar surface area (TPSA) is 211 Å². The van der Waals surface area contributed by atoms with Crippen molar-refractivity contribution in [3.8, 4) is 35.2 Å². The number of guanidine groups is 1. The van der Waals surface area contributed by atoms with Gasteiger partial charge in [0.15, 0.2) is 23.7 Å². The van der Waals surface area contributed by atoms with E-state index in [1.165, 1.54) is 83.6 Å². The Bertz CT molecular complexity index is 2990. The number of fused-ring (bicyclic) bond motifs is 4. The lowest BCUT2D eigenvalue weighted by molar-refractivity contribution is -0.231. The van der Waals surface area contributed by atoms with Crippen LogP contribution in [-0.4, -0.2) is 109 Å². The number of nitrogens with one attached hydrogen (secondary N) is 3. The maximum absolute atomic E-state index is 13.3. The molecule has 0 unspecified atom stereocenters. The second-order valence-electron chi connectivity index (χ2n) is 28.4. The molecule has 81 heavy (non-hydrogen) atoms. The van der Waals surface area contributed by atoms with Crippen LogP contribution in [0.15, 0.2) is 53.1 Å². The van der Waals surface area contributed by atoms with Crippen molar-refractivity contribution in [2.24, 2.45) is 79.2 Å². The van der Waals surface area contributed by atoms with Crippen LogP contribution in [0, 0.1) is 92.2 Å². The number of piperidine rings is 1. The molecule has 0 radical (unpaired) electrons. The number of rotatable bonds is 2. The summed E-state index contributed by atoms with van der Waals surface area (Å²) in [6.07, 6.45) is 27.5. The van der Waals surface area contributed by atoms with Crippen molar-refractivity contribution in [1.82, 2.24) is 16.0 Å². The van der Waals surface area contributed by atoms with Gasteiger partial charge in [-0.2, -0.15) is 0 Å². The molecular weight excluding hydrogens is 1050 g/mol. The SMILES string of the molecule is CC(=O)O[C@H]1C[C@@H](O)CC[C@]23C#C[C@@H]4C[C@@H]5C#C[C@@H](CNC[C@]6(C5)C[C@@H](CCN6)Oc5cc(c(C(O)O)cc5O)C[C@H]41)SS[C@H]1CC[C@]45C=C[C@H]6[C@@H]7C8=C[C@H]9CCC%10(CCCC%10)[C@@]96C[C@@]1(NC(N)=N[C@@H]2C=CC[C@H]3O)[C@@]74[C@@H](CC8)CC5. The van der Waals surface area contributed by atoms with Crippen LogP contribution in [0.2, 0.25) is 0 Å². The van der Waals surface area contributed by atoms with E-state index in [1.807, 2.05) is 16.9 Å². The smallest absolute Gasteiger partial charge is 0.302 e. The lowest BCUT2D eigenvalue weighted by Gasteiger charge is -2.80. The first-order valence-electron chi connectivity index (χ1n) is 31.6. The van der Waals surface area contributed by atoms with Crippen LogP contribution in [0.1, 0.15) is 159 Å². The maximum Gasteiger partial charge on any atom is 0.302 e. The molecule has 10 aliphatic carbocycles. The fourth-order valence-electron chi connectivity index (χ4n) is 22.3. The summed E-state index contributed by atoms with van der Waals surface area (Å²) < 4.78 is 13.2. The Labute approximate surface area is 486 Å². The minimum Gasteiger partial charge on any atom is -0.504 e. The van der Waals surface area contributed by atoms with Gasteiger partial charge in [-0.1, -0.05) is 94.1 Å². The number of aliphatic hydroxyl groups excluding tert-OH is 3. The van der Waals surface area contributed by atoms with Gasteiger partial charge < -0.3 is 56.7 Å². The third kappa shape index (κ3) is 7.96. The minimum atomic E-state index is -1.93. The number of ether oxygens (including phenoxy) is 2. The number of aliphatic imine (C=N–C) groups is 1. The van der Waals surface area contributed by atoms with Crippen LogP contribution >= 0.6 is 21.6 Å². The summed E-state index contributed by atoms with van der Waals surface area (Å²) in [4.78, 5) is 19.1. The molecule has 0 amide bonds. The van der Waals surface area contributed by atoms with Crippen molar-refractivity contribution < 1.29 is 39.8 Å². The van der Waals surface area contributed by atoms with Crippen molar-refractivity contribution in [1.29, 1.82) is 0 Å². The molecule has 6 spiro atoms. The third-order valence-corrected chi connectivity index (χ3v) is 28.3. The van der Waals surface area contributed by atoms with Gasteiger partial charge in [0, 0.05) is 72.4 Å². The largest absolute Gasteiger partial charge is 0.504 e. The van der Waals surface area contributed by atoms with Crippen LogP contribution in [0.5, 0.6) is 11.5 Å². The number of nitrogens with zero attached hydrogens (tertiary/aromatic N) is 1. The predicted octanol–water partition coefficient (Wildman–Crippen LogP) is 8.04. The van der Waals surface area contributed by atoms with E-state index in [2.05, 4.69) is 74.7 Å². The Morgan fingerprint density at radius 1 is 0.963 bits per heavy atom. The molecule has 0 aromatic heterocycles. The van der Waals surface area contributed by atoms with Crippen LogP contribution in [-0.2, 0) is 16.0 Å². The van der Waals surface area contributed by atoms with E-state index in [9.17, 15) is 30.3 Å². The number of carbonyl (C=O) groups is 1. The molecule has 10 N–H and O–H groups in total. The van der Waals surface area contributed by atoms with Gasteiger partial charge in [0.1, 0.15) is 12.2 Å². The Balaban J connectivity index is 0.947. The van der Waals surface area contributed by atoms with Crippen LogP contribution in [0.4, 0.5) is 0 Å². The zero-order valence-corrected chi connectivity index (χ0v) is 48.8. The molecule has 15 heteroatoms. The Morgan fingerprint density at radius 3 is 2.68 bits per heavy atom. The van der Waals surface area contributed by atoms with E-state index < -0.39 is 64.9 Å². The van der Waals surface area contributed by atoms with Crippen molar-refractivity contribution in [2.45, 2.75) is 207 Å². The number of esters is 1. The number of phenols is 1. The summed E-state index contributed by atoms with van der Waals surface area (Å²) >= 11 is 0. The van der Waals surface area contributed by atoms with Gasteiger partial charge >= 0.3 is 5.97 Å². The number of hydrogen-bond donors (Lipinski definition) is 9. The van der Waals surface area contributed by atoms with Crippen molar-refractivity contribution in [3.63, 3.8) is 0 Å². The van der Waals surface area contributed by atoms with Crippen LogP contribution in [0.25, 0.3) is 0 Å². The average Bonchev–Trinajstić information content (AvgIpc) is 2.47. The highest BCUT2D eigenvalue weighted by atomic mass is 33.1. The predicted molar refractivity (Wildman–Crippen MR) is 314 cm³/mol. The molecule has 4 aliphatic heterocycles. The van der Waals surface area contributed by atoms with E-state index in [0.717, 1.165) is 12.8 Å². The summed E-state index contributed by atoms with van der Waals surface area (Å²) in [6.45, 7) is 3.44. The molecule has 4 heterocycles. The summed E-state index contributed by atoms with van der Waals surface area (Å²) in [5.41, 5.74) is 8.60. The van der Waals surface area contributed by atoms with Gasteiger partial charge in [-0.15, -0.1) is 0 Å². The zero-order chi connectivity index (χ0) is 55.3. The fraction of sp³-hybridized carbons (Fsp3) is 0.727. The standard InChI is InChI=1S/C66H85N5O8S2/c1-38(72)78-52-31-45(73)14-25-63-24-11-40-27-39-7-10-47(35-68-37-62(33-39)34-46(17-26-69-62)79-53-30-42(29-48(40)52)49(58(76)77)32-51(53)74)80-81-56-16-23-61-21-12-43-9-8-41-28-44-13-20-60(18-2-3-19-60)64(44)36-65(56,66(43,61)57(41)50(64)15-22-61)71-59(67)70-54(63)5-4-6-55(63)75/h4-5,15,22,28,30,32,39-40,43-48,50,52,54-58,68-69,73-77H,2-3,6,8-9,12-14,16-21,23,25-27,29,31,33-37H2,1H3,(H3,67,70,71)/t39-,40+,43-,44+,45-,46+,47-,48+,50-,52-,54+,55+,56-,57-,61-,62-,63+,64-,65-,66-/m0/s1. The molecule has 434 valence electrons. The Morgan fingerprint density at radius 2 is 1.83 bits per heavy atom. The summed E-state index contributed by atoms with van der Waals surface area (Å²) in [7, 11) is 4.06. The van der Waals surface area contributed by atoms with Gasteiger partial charge in [-0.3, -0.25) is 4.79 Å². The number of aromatic hydroxyl groups is 1. The molecule has 1 aromatic carbocycles. The second-order valence-corrected chi connectivity index (χ2v) is 31.1. The molecule has 1 saturated heterocycles. The highest BCUT2D eigenvalue weighted by Gasteiger charge is 2.85. The van der Waals surface area contributed by atoms with Crippen molar-refractivity contribution in [2.75, 3.05) is 19.6 Å². The molecule has 6 saturated carbocycles. The van der Waals surface area contributed by atoms with Gasteiger partial charge in [-0.25, -0.2) is 4.99 Å². The summed E-state index contributed by atoms with van der Waals surface area (Å²) in [6, 6.07) is 2.44. The van der Waals surface area contributed by atoms with Crippen LogP contribution < -0.4 is 26.4 Å². The van der Waals surface area contributed by atoms with Crippen LogP contribution in [0.3, 0.4) is 0 Å². The normalized spacial score (nSPS) is 47.5. The number of nitrogens with two attached hydrogens (primary N) is 1. The van der Waals surface area contributed by atoms with E-state index in [-0.39, 0.29) is 80.5 Å². The maximum atomic E-state index is 13.3. The quantitative estimate of drug-likeness (QED) is 0.0452. The first kappa shape index (κ1) is 54.0. The molecule has 12 bridgehead atoms. The van der Waals surface area contributed by atoms with Gasteiger partial charge in [-0.05, 0) is 180 Å². The summed E-state index contributed by atoms with van der Waals surface area (Å²) in [5, 5.41) is 71.5. The monoisotopic (exact) mass is 1140 g/mol. The number of phenolic OH excluding ortho intramolecular Hbond substituents is 1.